The molecule has 0 unspecified atom stereocenters. The van der Waals surface area contributed by atoms with Crippen molar-refractivity contribution in [3.63, 3.8) is 0 Å². The number of hydrogen-bond acceptors (Lipinski definition) is 6. The minimum atomic E-state index is -0.828. The van der Waals surface area contributed by atoms with E-state index in [1.54, 1.807) is 48.5 Å². The van der Waals surface area contributed by atoms with E-state index < -0.39 is 11.8 Å². The predicted octanol–water partition coefficient (Wildman–Crippen LogP) is 3.63. The molecule has 0 heterocycles. The zero-order valence-corrected chi connectivity index (χ0v) is 17.5. The molecule has 0 saturated heterocycles. The van der Waals surface area contributed by atoms with Gasteiger partial charge in [-0.2, -0.15) is 0 Å². The summed E-state index contributed by atoms with van der Waals surface area (Å²) in [4.78, 5) is 23.8. The summed E-state index contributed by atoms with van der Waals surface area (Å²) in [6.07, 6.45) is 4.13. The zero-order chi connectivity index (χ0) is 21.6. The van der Waals surface area contributed by atoms with Crippen molar-refractivity contribution in [2.24, 2.45) is 0 Å². The van der Waals surface area contributed by atoms with Crippen molar-refractivity contribution in [2.75, 3.05) is 24.1 Å². The van der Waals surface area contributed by atoms with Gasteiger partial charge in [-0.1, -0.05) is 26.7 Å². The Morgan fingerprint density at radius 1 is 0.667 bits per heavy atom. The summed E-state index contributed by atoms with van der Waals surface area (Å²) in [5, 5.41) is 0. The van der Waals surface area contributed by atoms with E-state index in [9.17, 15) is 9.59 Å². The molecule has 2 amide bonds. The zero-order valence-electron chi connectivity index (χ0n) is 17.5. The molecular weight excluding hydrogens is 384 g/mol. The summed E-state index contributed by atoms with van der Waals surface area (Å²) in [7, 11) is 0. The van der Waals surface area contributed by atoms with Crippen molar-refractivity contribution < 1.29 is 19.1 Å². The van der Waals surface area contributed by atoms with Crippen molar-refractivity contribution >= 4 is 23.2 Å². The number of benzene rings is 2. The van der Waals surface area contributed by atoms with Crippen molar-refractivity contribution in [2.45, 2.75) is 39.5 Å². The SMILES string of the molecule is CCCCOc1ccc(NNC(=O)C(=O)NNc2ccc(OCCCC)cc2)cc1. The van der Waals surface area contributed by atoms with Gasteiger partial charge in [-0.05, 0) is 61.4 Å². The van der Waals surface area contributed by atoms with E-state index in [0.29, 0.717) is 24.6 Å². The molecule has 0 bridgehead atoms. The van der Waals surface area contributed by atoms with Gasteiger partial charge in [0.15, 0.2) is 0 Å². The fourth-order valence-corrected chi connectivity index (χ4v) is 2.31. The Bertz CT molecular complexity index is 711. The summed E-state index contributed by atoms with van der Waals surface area (Å²) in [6.45, 7) is 5.54. The molecule has 0 aromatic heterocycles. The van der Waals surface area contributed by atoms with Crippen LogP contribution in [0.15, 0.2) is 48.5 Å². The largest absolute Gasteiger partial charge is 0.494 e. The fourth-order valence-electron chi connectivity index (χ4n) is 2.31. The number of carbonyl (C=O) groups is 2. The Balaban J connectivity index is 1.70. The summed E-state index contributed by atoms with van der Waals surface area (Å²) < 4.78 is 11.2. The lowest BCUT2D eigenvalue weighted by molar-refractivity contribution is -0.138. The molecule has 0 atom stereocenters. The number of nitrogens with one attached hydrogen (secondary N) is 4. The van der Waals surface area contributed by atoms with Crippen molar-refractivity contribution in [1.29, 1.82) is 0 Å². The van der Waals surface area contributed by atoms with E-state index in [1.165, 1.54) is 0 Å². The molecule has 4 N–H and O–H groups in total. The molecule has 8 heteroatoms. The highest BCUT2D eigenvalue weighted by molar-refractivity contribution is 6.35. The highest BCUT2D eigenvalue weighted by Gasteiger charge is 2.12. The third kappa shape index (κ3) is 8.30. The first-order valence-electron chi connectivity index (χ1n) is 10.2. The average Bonchev–Trinajstić information content (AvgIpc) is 2.78. The molecule has 2 aromatic rings. The summed E-state index contributed by atoms with van der Waals surface area (Å²) >= 11 is 0. The lowest BCUT2D eigenvalue weighted by Gasteiger charge is -2.11. The van der Waals surface area contributed by atoms with Crippen LogP contribution in [0.1, 0.15) is 39.5 Å². The molecule has 0 fully saturated rings. The van der Waals surface area contributed by atoms with Crippen LogP contribution in [0.3, 0.4) is 0 Å². The molecule has 0 saturated carbocycles. The van der Waals surface area contributed by atoms with Crippen LogP contribution >= 0.6 is 0 Å². The van der Waals surface area contributed by atoms with Crippen molar-refractivity contribution in [3.8, 4) is 11.5 Å². The van der Waals surface area contributed by atoms with Crippen LogP contribution in [-0.4, -0.2) is 25.0 Å². The number of carbonyl (C=O) groups excluding carboxylic acids is 2. The van der Waals surface area contributed by atoms with Gasteiger partial charge in [0.1, 0.15) is 11.5 Å². The summed E-state index contributed by atoms with van der Waals surface area (Å²) in [5.41, 5.74) is 11.3. The molecular formula is C22H30N4O4. The van der Waals surface area contributed by atoms with E-state index in [-0.39, 0.29) is 0 Å². The van der Waals surface area contributed by atoms with Crippen LogP contribution in [0.2, 0.25) is 0 Å². The van der Waals surface area contributed by atoms with Crippen LogP contribution in [0.25, 0.3) is 0 Å². The highest BCUT2D eigenvalue weighted by Crippen LogP contribution is 2.16. The van der Waals surface area contributed by atoms with Gasteiger partial charge >= 0.3 is 11.8 Å². The maximum absolute atomic E-state index is 11.9. The van der Waals surface area contributed by atoms with Crippen LogP contribution in [-0.2, 0) is 9.59 Å². The molecule has 2 aromatic carbocycles. The molecule has 0 spiro atoms. The van der Waals surface area contributed by atoms with Crippen LogP contribution in [0, 0.1) is 0 Å². The Labute approximate surface area is 177 Å². The summed E-state index contributed by atoms with van der Waals surface area (Å²) in [6, 6.07) is 14.2. The topological polar surface area (TPSA) is 101 Å². The Kier molecular flexibility index (Phi) is 9.85. The lowest BCUT2D eigenvalue weighted by atomic mass is 10.3. The minimum absolute atomic E-state index is 0.630. The first-order chi connectivity index (χ1) is 14.6. The third-order valence-electron chi connectivity index (χ3n) is 4.09. The second kappa shape index (κ2) is 12.9. The monoisotopic (exact) mass is 414 g/mol. The number of anilines is 2. The molecule has 8 nitrogen and oxygen atoms in total. The molecule has 2 rings (SSSR count). The van der Waals surface area contributed by atoms with Gasteiger partial charge in [0.2, 0.25) is 0 Å². The molecule has 0 aliphatic rings. The molecule has 30 heavy (non-hydrogen) atoms. The first-order valence-corrected chi connectivity index (χ1v) is 10.2. The molecule has 0 aliphatic heterocycles. The third-order valence-corrected chi connectivity index (χ3v) is 4.09. The minimum Gasteiger partial charge on any atom is -0.494 e. The van der Waals surface area contributed by atoms with E-state index in [4.69, 9.17) is 9.47 Å². The van der Waals surface area contributed by atoms with Gasteiger partial charge in [0.05, 0.1) is 24.6 Å². The maximum Gasteiger partial charge on any atom is 0.329 e. The number of amides is 2. The smallest absolute Gasteiger partial charge is 0.329 e. The van der Waals surface area contributed by atoms with E-state index in [1.807, 2.05) is 0 Å². The van der Waals surface area contributed by atoms with E-state index in [2.05, 4.69) is 35.6 Å². The second-order valence-electron chi connectivity index (χ2n) is 6.61. The van der Waals surface area contributed by atoms with Gasteiger partial charge < -0.3 is 9.47 Å². The Hall–Kier alpha value is -3.42. The van der Waals surface area contributed by atoms with Gasteiger partial charge in [-0.3, -0.25) is 31.3 Å². The standard InChI is InChI=1S/C22H30N4O4/c1-3-5-15-29-19-11-7-17(8-12-19)23-25-21(27)22(28)26-24-18-9-13-20(14-10-18)30-16-6-4-2/h7-14,23-24H,3-6,15-16H2,1-2H3,(H,25,27)(H,26,28). The number of hydrazine groups is 2. The number of hydrogen-bond donors (Lipinski definition) is 4. The van der Waals surface area contributed by atoms with Crippen LogP contribution in [0.4, 0.5) is 11.4 Å². The maximum atomic E-state index is 11.9. The molecule has 162 valence electrons. The number of rotatable bonds is 12. The first kappa shape index (κ1) is 22.9. The predicted molar refractivity (Wildman–Crippen MR) is 117 cm³/mol. The van der Waals surface area contributed by atoms with Crippen molar-refractivity contribution in [1.82, 2.24) is 10.9 Å². The number of ether oxygens (including phenoxy) is 2. The van der Waals surface area contributed by atoms with Gasteiger partial charge in [0, 0.05) is 0 Å². The van der Waals surface area contributed by atoms with Crippen molar-refractivity contribution in [3.05, 3.63) is 48.5 Å². The summed E-state index contributed by atoms with van der Waals surface area (Å²) in [5.74, 6) is -0.149. The van der Waals surface area contributed by atoms with Crippen LogP contribution in [0.5, 0.6) is 11.5 Å². The quantitative estimate of drug-likeness (QED) is 0.240. The average molecular weight is 415 g/mol. The van der Waals surface area contributed by atoms with E-state index in [0.717, 1.165) is 37.2 Å². The number of unbranched alkanes of at least 4 members (excludes halogenated alkanes) is 2. The van der Waals surface area contributed by atoms with Gasteiger partial charge in [-0.25, -0.2) is 0 Å². The molecule has 0 aliphatic carbocycles. The Morgan fingerprint density at radius 2 is 1.03 bits per heavy atom. The van der Waals surface area contributed by atoms with Gasteiger partial charge in [-0.15, -0.1) is 0 Å². The fraction of sp³-hybridized carbons (Fsp3) is 0.364. The second-order valence-corrected chi connectivity index (χ2v) is 6.61. The lowest BCUT2D eigenvalue weighted by Crippen LogP contribution is -2.44. The molecule has 0 radical (unpaired) electrons. The Morgan fingerprint density at radius 3 is 1.37 bits per heavy atom. The highest BCUT2D eigenvalue weighted by atomic mass is 16.5. The normalized spacial score (nSPS) is 10.1. The van der Waals surface area contributed by atoms with Crippen LogP contribution < -0.4 is 31.2 Å². The van der Waals surface area contributed by atoms with Gasteiger partial charge in [0.25, 0.3) is 0 Å². The van der Waals surface area contributed by atoms with E-state index >= 15 is 0 Å².